The van der Waals surface area contributed by atoms with Gasteiger partial charge in [-0.3, -0.25) is 4.79 Å². The van der Waals surface area contributed by atoms with Gasteiger partial charge in [0.2, 0.25) is 0 Å². The Balaban J connectivity index is 2.24. The molecule has 1 aromatic rings. The van der Waals surface area contributed by atoms with E-state index in [0.29, 0.717) is 0 Å². The first kappa shape index (κ1) is 18.0. The summed E-state index contributed by atoms with van der Waals surface area (Å²) in [6, 6.07) is 6.28. The summed E-state index contributed by atoms with van der Waals surface area (Å²) in [6.07, 6.45) is 5.86. The standard InChI is InChI=1S/C20H32N2O/c1-5-11-18(22(6-2)14-8-7-9-15-22)20(23)21-19-16(3)12-10-13-17(19)4/h10,12-13,18H,5-9,11,14-15H2,1-4H3/p+1/t18-/m0/s1. The number of likely N-dealkylation sites (tertiary alicyclic amines) is 1. The van der Waals surface area contributed by atoms with Gasteiger partial charge in [0.25, 0.3) is 5.91 Å². The molecule has 1 amide bonds. The summed E-state index contributed by atoms with van der Waals surface area (Å²) in [5.74, 6) is 0.216. The van der Waals surface area contributed by atoms with Crippen LogP contribution in [0.3, 0.4) is 0 Å². The fourth-order valence-electron chi connectivity index (χ4n) is 4.14. The van der Waals surface area contributed by atoms with Crippen molar-refractivity contribution in [3.63, 3.8) is 0 Å². The summed E-state index contributed by atoms with van der Waals surface area (Å²) < 4.78 is 0.977. The van der Waals surface area contributed by atoms with Gasteiger partial charge in [-0.05, 0) is 57.6 Å². The van der Waals surface area contributed by atoms with E-state index in [2.05, 4.69) is 51.2 Å². The second-order valence-electron chi connectivity index (χ2n) is 7.10. The highest BCUT2D eigenvalue weighted by molar-refractivity contribution is 5.95. The Morgan fingerprint density at radius 1 is 1.13 bits per heavy atom. The first-order valence-corrected chi connectivity index (χ1v) is 9.27. The van der Waals surface area contributed by atoms with Crippen molar-refractivity contribution in [1.82, 2.24) is 0 Å². The number of quaternary nitrogens is 1. The number of amides is 1. The minimum absolute atomic E-state index is 0.0873. The van der Waals surface area contributed by atoms with Gasteiger partial charge in [-0.1, -0.05) is 25.1 Å². The molecular weight excluding hydrogens is 284 g/mol. The van der Waals surface area contributed by atoms with E-state index in [-0.39, 0.29) is 11.9 Å². The van der Waals surface area contributed by atoms with Crippen molar-refractivity contribution in [1.29, 1.82) is 0 Å². The van der Waals surface area contributed by atoms with Gasteiger partial charge in [-0.2, -0.15) is 0 Å². The van der Waals surface area contributed by atoms with Crippen molar-refractivity contribution in [3.8, 4) is 0 Å². The van der Waals surface area contributed by atoms with E-state index in [1.54, 1.807) is 0 Å². The van der Waals surface area contributed by atoms with Crippen LogP contribution in [-0.2, 0) is 4.79 Å². The number of nitrogens with one attached hydrogen (secondary N) is 1. The summed E-state index contributed by atoms with van der Waals surface area (Å²) in [7, 11) is 0. The smallest absolute Gasteiger partial charge is 0.282 e. The SMILES string of the molecule is CCC[C@@H](C(=O)Nc1c(C)cccc1C)[N+]1(CC)CCCCC1. The van der Waals surface area contributed by atoms with Crippen molar-refractivity contribution in [2.75, 3.05) is 25.0 Å². The zero-order chi connectivity index (χ0) is 16.9. The van der Waals surface area contributed by atoms with Crippen LogP contribution in [0.15, 0.2) is 18.2 Å². The zero-order valence-electron chi connectivity index (χ0n) is 15.3. The second-order valence-corrected chi connectivity index (χ2v) is 7.10. The number of hydrogen-bond donors (Lipinski definition) is 1. The Morgan fingerprint density at radius 2 is 1.74 bits per heavy atom. The molecule has 1 aromatic carbocycles. The average Bonchev–Trinajstić information content (AvgIpc) is 2.56. The highest BCUT2D eigenvalue weighted by Gasteiger charge is 2.41. The van der Waals surface area contributed by atoms with E-state index in [1.165, 1.54) is 19.3 Å². The number of carbonyl (C=O) groups is 1. The van der Waals surface area contributed by atoms with Crippen LogP contribution in [0.2, 0.25) is 0 Å². The third-order valence-corrected chi connectivity index (χ3v) is 5.59. The van der Waals surface area contributed by atoms with E-state index >= 15 is 0 Å². The number of carbonyl (C=O) groups excluding carboxylic acids is 1. The number of aryl methyl sites for hydroxylation is 2. The first-order valence-electron chi connectivity index (χ1n) is 9.27. The molecule has 0 spiro atoms. The van der Waals surface area contributed by atoms with Crippen LogP contribution in [-0.4, -0.2) is 36.1 Å². The molecule has 1 fully saturated rings. The lowest BCUT2D eigenvalue weighted by Gasteiger charge is -2.46. The van der Waals surface area contributed by atoms with Crippen LogP contribution in [0, 0.1) is 13.8 Å². The largest absolute Gasteiger partial charge is 0.320 e. The van der Waals surface area contributed by atoms with Crippen LogP contribution >= 0.6 is 0 Å². The molecule has 0 aromatic heterocycles. The monoisotopic (exact) mass is 317 g/mol. The minimum Gasteiger partial charge on any atom is -0.320 e. The Kier molecular flexibility index (Phi) is 6.23. The molecule has 1 N–H and O–H groups in total. The highest BCUT2D eigenvalue weighted by atomic mass is 16.2. The van der Waals surface area contributed by atoms with E-state index < -0.39 is 0 Å². The lowest BCUT2D eigenvalue weighted by Crippen LogP contribution is -2.61. The summed E-state index contributed by atoms with van der Waals surface area (Å²) in [6.45, 7) is 12.0. The van der Waals surface area contributed by atoms with Crippen LogP contribution < -0.4 is 5.32 Å². The summed E-state index contributed by atoms with van der Waals surface area (Å²) >= 11 is 0. The Labute approximate surface area is 141 Å². The zero-order valence-corrected chi connectivity index (χ0v) is 15.3. The summed E-state index contributed by atoms with van der Waals surface area (Å²) in [5, 5.41) is 3.27. The molecule has 0 unspecified atom stereocenters. The molecule has 0 bridgehead atoms. The molecule has 0 saturated carbocycles. The van der Waals surface area contributed by atoms with Gasteiger partial charge < -0.3 is 9.80 Å². The molecule has 128 valence electrons. The number of benzene rings is 1. The molecule has 0 radical (unpaired) electrons. The summed E-state index contributed by atoms with van der Waals surface area (Å²) in [4.78, 5) is 13.1. The van der Waals surface area contributed by atoms with Crippen molar-refractivity contribution >= 4 is 11.6 Å². The molecule has 1 aliphatic heterocycles. The number of para-hydroxylation sites is 1. The van der Waals surface area contributed by atoms with E-state index in [4.69, 9.17) is 0 Å². The van der Waals surface area contributed by atoms with Gasteiger partial charge >= 0.3 is 0 Å². The third kappa shape index (κ3) is 3.95. The second kappa shape index (κ2) is 7.96. The molecule has 1 aliphatic rings. The van der Waals surface area contributed by atoms with Gasteiger partial charge in [0.05, 0.1) is 19.6 Å². The highest BCUT2D eigenvalue weighted by Crippen LogP contribution is 2.27. The van der Waals surface area contributed by atoms with Crippen LogP contribution in [0.1, 0.15) is 57.1 Å². The summed E-state index contributed by atoms with van der Waals surface area (Å²) in [5.41, 5.74) is 3.30. The van der Waals surface area contributed by atoms with Crippen molar-refractivity contribution in [3.05, 3.63) is 29.3 Å². The number of anilines is 1. The average molecular weight is 317 g/mol. The maximum absolute atomic E-state index is 13.1. The predicted molar refractivity (Wildman–Crippen MR) is 97.6 cm³/mol. The van der Waals surface area contributed by atoms with Crippen molar-refractivity contribution in [2.24, 2.45) is 0 Å². The quantitative estimate of drug-likeness (QED) is 0.773. The molecular formula is C20H33N2O+. The third-order valence-electron chi connectivity index (χ3n) is 5.59. The Hall–Kier alpha value is -1.35. The van der Waals surface area contributed by atoms with Gasteiger partial charge in [-0.15, -0.1) is 0 Å². The maximum Gasteiger partial charge on any atom is 0.282 e. The lowest BCUT2D eigenvalue weighted by molar-refractivity contribution is -0.945. The fourth-order valence-corrected chi connectivity index (χ4v) is 4.14. The van der Waals surface area contributed by atoms with Gasteiger partial charge in [0.1, 0.15) is 0 Å². The molecule has 3 heteroatoms. The molecule has 0 aliphatic carbocycles. The number of piperidine rings is 1. The fraction of sp³-hybridized carbons (Fsp3) is 0.650. The first-order chi connectivity index (χ1) is 11.0. The number of likely N-dealkylation sites (N-methyl/N-ethyl adjacent to an activating group) is 1. The molecule has 23 heavy (non-hydrogen) atoms. The molecule has 2 rings (SSSR count). The molecule has 1 atom stereocenters. The van der Waals surface area contributed by atoms with Crippen LogP contribution in [0.5, 0.6) is 0 Å². The van der Waals surface area contributed by atoms with E-state index in [1.807, 2.05) is 0 Å². The Bertz CT molecular complexity index is 512. The topological polar surface area (TPSA) is 29.1 Å². The Morgan fingerprint density at radius 3 is 2.26 bits per heavy atom. The van der Waals surface area contributed by atoms with Crippen molar-refractivity contribution < 1.29 is 9.28 Å². The predicted octanol–water partition coefficient (Wildman–Crippen LogP) is 4.43. The van der Waals surface area contributed by atoms with E-state index in [0.717, 1.165) is 53.8 Å². The normalized spacial score (nSPS) is 18.4. The number of rotatable bonds is 6. The van der Waals surface area contributed by atoms with Crippen molar-refractivity contribution in [2.45, 2.75) is 65.8 Å². The maximum atomic E-state index is 13.1. The van der Waals surface area contributed by atoms with Crippen LogP contribution in [0.4, 0.5) is 5.69 Å². The van der Waals surface area contributed by atoms with E-state index in [9.17, 15) is 4.79 Å². The lowest BCUT2D eigenvalue weighted by atomic mass is 9.98. The molecule has 3 nitrogen and oxygen atoms in total. The molecule has 1 saturated heterocycles. The molecule has 1 heterocycles. The van der Waals surface area contributed by atoms with Gasteiger partial charge in [0.15, 0.2) is 6.04 Å². The minimum atomic E-state index is 0.0873. The number of nitrogens with zero attached hydrogens (tertiary/aromatic N) is 1. The van der Waals surface area contributed by atoms with Crippen LogP contribution in [0.25, 0.3) is 0 Å². The number of hydrogen-bond acceptors (Lipinski definition) is 1. The van der Waals surface area contributed by atoms with Gasteiger partial charge in [-0.25, -0.2) is 0 Å². The van der Waals surface area contributed by atoms with Gasteiger partial charge in [0, 0.05) is 12.1 Å².